The van der Waals surface area contributed by atoms with Crippen LogP contribution in [-0.2, 0) is 22.4 Å². The van der Waals surface area contributed by atoms with Crippen LogP contribution in [0.3, 0.4) is 0 Å². The summed E-state index contributed by atoms with van der Waals surface area (Å²) < 4.78 is 10.6. The van der Waals surface area contributed by atoms with E-state index in [1.54, 1.807) is 7.11 Å². The van der Waals surface area contributed by atoms with Gasteiger partial charge in [-0.15, -0.1) is 0 Å². The Morgan fingerprint density at radius 2 is 1.78 bits per heavy atom. The highest BCUT2D eigenvalue weighted by atomic mass is 16.5. The molecule has 0 unspecified atom stereocenters. The summed E-state index contributed by atoms with van der Waals surface area (Å²) in [4.78, 5) is 11.7. The number of methoxy groups -OCH3 is 1. The number of carbonyl (C=O) groups excluding carboxylic acids is 1. The summed E-state index contributed by atoms with van der Waals surface area (Å²) in [5, 5.41) is 0. The van der Waals surface area contributed by atoms with E-state index in [1.807, 2.05) is 13.0 Å². The Morgan fingerprint density at radius 1 is 1.09 bits per heavy atom. The molecule has 1 aromatic carbocycles. The van der Waals surface area contributed by atoms with E-state index in [0.29, 0.717) is 6.61 Å². The SMILES string of the molecule is CCCCc1ccc(OC)c(CCCC)c1/C=C/C(=O)OCC. The van der Waals surface area contributed by atoms with Gasteiger partial charge in [-0.3, -0.25) is 0 Å². The summed E-state index contributed by atoms with van der Waals surface area (Å²) in [6.07, 6.45) is 9.93. The fourth-order valence-corrected chi connectivity index (χ4v) is 2.63. The molecule has 0 aliphatic rings. The van der Waals surface area contributed by atoms with E-state index in [-0.39, 0.29) is 5.97 Å². The predicted octanol–water partition coefficient (Wildman–Crippen LogP) is 4.96. The summed E-state index contributed by atoms with van der Waals surface area (Å²) in [6.45, 7) is 6.58. The molecule has 0 saturated carbocycles. The smallest absolute Gasteiger partial charge is 0.330 e. The highest BCUT2D eigenvalue weighted by Crippen LogP contribution is 2.29. The average molecular weight is 318 g/mol. The molecule has 0 heterocycles. The van der Waals surface area contributed by atoms with Crippen molar-refractivity contribution in [1.82, 2.24) is 0 Å². The monoisotopic (exact) mass is 318 g/mol. The Bertz CT molecular complexity index is 518. The third kappa shape index (κ3) is 6.09. The summed E-state index contributed by atoms with van der Waals surface area (Å²) in [6, 6.07) is 4.17. The van der Waals surface area contributed by atoms with Crippen LogP contribution in [0.15, 0.2) is 18.2 Å². The maximum absolute atomic E-state index is 11.7. The van der Waals surface area contributed by atoms with E-state index in [9.17, 15) is 4.79 Å². The van der Waals surface area contributed by atoms with Crippen molar-refractivity contribution in [3.05, 3.63) is 34.9 Å². The minimum absolute atomic E-state index is 0.293. The Kier molecular flexibility index (Phi) is 9.11. The largest absolute Gasteiger partial charge is 0.496 e. The summed E-state index contributed by atoms with van der Waals surface area (Å²) >= 11 is 0. The van der Waals surface area contributed by atoms with Crippen LogP contribution in [0.4, 0.5) is 0 Å². The third-order valence-electron chi connectivity index (χ3n) is 3.88. The van der Waals surface area contributed by atoms with Gasteiger partial charge in [-0.05, 0) is 55.9 Å². The number of unbranched alkanes of at least 4 members (excludes halogenated alkanes) is 2. The van der Waals surface area contributed by atoms with Crippen LogP contribution in [0.2, 0.25) is 0 Å². The standard InChI is InChI=1S/C20H30O3/c1-5-8-10-16-12-14-19(22-4)18(11-9-6-2)17(16)13-15-20(21)23-7-3/h12-15H,5-11H2,1-4H3/b15-13+. The number of ether oxygens (including phenoxy) is 2. The molecule has 0 bridgehead atoms. The number of aryl methyl sites for hydroxylation is 1. The molecule has 0 atom stereocenters. The molecule has 0 spiro atoms. The van der Waals surface area contributed by atoms with Gasteiger partial charge < -0.3 is 9.47 Å². The highest BCUT2D eigenvalue weighted by molar-refractivity contribution is 5.87. The van der Waals surface area contributed by atoms with Crippen LogP contribution in [0.1, 0.15) is 63.1 Å². The minimum Gasteiger partial charge on any atom is -0.496 e. The van der Waals surface area contributed by atoms with Crippen molar-refractivity contribution >= 4 is 12.0 Å². The number of hydrogen-bond donors (Lipinski definition) is 0. The maximum atomic E-state index is 11.7. The molecule has 1 aromatic rings. The van der Waals surface area contributed by atoms with Crippen LogP contribution in [0.25, 0.3) is 6.08 Å². The van der Waals surface area contributed by atoms with Gasteiger partial charge in [0.1, 0.15) is 5.75 Å². The number of carbonyl (C=O) groups is 1. The molecule has 23 heavy (non-hydrogen) atoms. The van der Waals surface area contributed by atoms with E-state index < -0.39 is 0 Å². The zero-order valence-electron chi connectivity index (χ0n) is 15.0. The number of hydrogen-bond acceptors (Lipinski definition) is 3. The molecular weight excluding hydrogens is 288 g/mol. The van der Waals surface area contributed by atoms with Crippen molar-refractivity contribution < 1.29 is 14.3 Å². The molecule has 0 N–H and O–H groups in total. The maximum Gasteiger partial charge on any atom is 0.330 e. The molecule has 128 valence electrons. The van der Waals surface area contributed by atoms with E-state index >= 15 is 0 Å². The number of rotatable bonds is 10. The lowest BCUT2D eigenvalue weighted by atomic mass is 9.93. The van der Waals surface area contributed by atoms with Gasteiger partial charge in [0.15, 0.2) is 0 Å². The summed E-state index contributed by atoms with van der Waals surface area (Å²) in [7, 11) is 1.70. The zero-order valence-corrected chi connectivity index (χ0v) is 15.0. The fourth-order valence-electron chi connectivity index (χ4n) is 2.63. The molecule has 0 saturated heterocycles. The molecule has 3 heteroatoms. The van der Waals surface area contributed by atoms with Gasteiger partial charge in [-0.25, -0.2) is 4.79 Å². The molecule has 0 aliphatic carbocycles. The van der Waals surface area contributed by atoms with Gasteiger partial charge in [0.05, 0.1) is 13.7 Å². The van der Waals surface area contributed by atoms with Gasteiger partial charge in [0, 0.05) is 11.6 Å². The number of benzene rings is 1. The molecule has 0 fully saturated rings. The van der Waals surface area contributed by atoms with Crippen molar-refractivity contribution in [3.63, 3.8) is 0 Å². The van der Waals surface area contributed by atoms with E-state index in [4.69, 9.17) is 9.47 Å². The third-order valence-corrected chi connectivity index (χ3v) is 3.88. The zero-order chi connectivity index (χ0) is 17.1. The second-order valence-electron chi connectivity index (χ2n) is 5.61. The van der Waals surface area contributed by atoms with Gasteiger partial charge >= 0.3 is 5.97 Å². The molecule has 0 aromatic heterocycles. The summed E-state index contributed by atoms with van der Waals surface area (Å²) in [5.41, 5.74) is 3.60. The summed E-state index contributed by atoms with van der Waals surface area (Å²) in [5.74, 6) is 0.611. The quantitative estimate of drug-likeness (QED) is 0.452. The van der Waals surface area contributed by atoms with Crippen LogP contribution < -0.4 is 4.74 Å². The topological polar surface area (TPSA) is 35.5 Å². The van der Waals surface area contributed by atoms with Crippen molar-refractivity contribution in [3.8, 4) is 5.75 Å². The lowest BCUT2D eigenvalue weighted by Crippen LogP contribution is -2.02. The predicted molar refractivity (Wildman–Crippen MR) is 95.9 cm³/mol. The van der Waals surface area contributed by atoms with Crippen molar-refractivity contribution in [1.29, 1.82) is 0 Å². The fraction of sp³-hybridized carbons (Fsp3) is 0.550. The van der Waals surface area contributed by atoms with Crippen LogP contribution in [-0.4, -0.2) is 19.7 Å². The second-order valence-corrected chi connectivity index (χ2v) is 5.61. The van der Waals surface area contributed by atoms with Gasteiger partial charge in [-0.2, -0.15) is 0 Å². The minimum atomic E-state index is -0.293. The average Bonchev–Trinajstić information content (AvgIpc) is 2.56. The molecule has 3 nitrogen and oxygen atoms in total. The van der Waals surface area contributed by atoms with Crippen LogP contribution in [0.5, 0.6) is 5.75 Å². The Morgan fingerprint density at radius 3 is 2.39 bits per heavy atom. The Labute approximate surface area is 140 Å². The van der Waals surface area contributed by atoms with E-state index in [1.165, 1.54) is 17.2 Å². The van der Waals surface area contributed by atoms with E-state index in [2.05, 4.69) is 26.0 Å². The first-order chi connectivity index (χ1) is 11.2. The van der Waals surface area contributed by atoms with Crippen LogP contribution in [0, 0.1) is 0 Å². The molecule has 0 aliphatic heterocycles. The lowest BCUT2D eigenvalue weighted by Gasteiger charge is -2.16. The van der Waals surface area contributed by atoms with Crippen LogP contribution >= 0.6 is 0 Å². The van der Waals surface area contributed by atoms with Crippen molar-refractivity contribution in [2.75, 3.05) is 13.7 Å². The second kappa shape index (κ2) is 10.9. The lowest BCUT2D eigenvalue weighted by molar-refractivity contribution is -0.137. The molecule has 0 radical (unpaired) electrons. The number of esters is 1. The van der Waals surface area contributed by atoms with Gasteiger partial charge in [0.25, 0.3) is 0 Å². The highest BCUT2D eigenvalue weighted by Gasteiger charge is 2.12. The molecular formula is C20H30O3. The Balaban J connectivity index is 3.22. The van der Waals surface area contributed by atoms with Crippen molar-refractivity contribution in [2.45, 2.75) is 59.3 Å². The van der Waals surface area contributed by atoms with Gasteiger partial charge in [0.2, 0.25) is 0 Å². The first kappa shape index (κ1) is 19.3. The molecule has 0 amide bonds. The first-order valence-electron chi connectivity index (χ1n) is 8.71. The first-order valence-corrected chi connectivity index (χ1v) is 8.71. The van der Waals surface area contributed by atoms with E-state index in [0.717, 1.165) is 49.8 Å². The Hall–Kier alpha value is -1.77. The van der Waals surface area contributed by atoms with Crippen molar-refractivity contribution in [2.24, 2.45) is 0 Å². The van der Waals surface area contributed by atoms with Gasteiger partial charge in [-0.1, -0.05) is 32.8 Å². The molecule has 1 rings (SSSR count). The normalized spacial score (nSPS) is 11.0.